The number of aromatic amines is 1. The first-order chi connectivity index (χ1) is 18.7. The van der Waals surface area contributed by atoms with Crippen LogP contribution in [0.1, 0.15) is 18.2 Å². The number of benzene rings is 1. The average molecular weight is 548 g/mol. The number of aliphatic hydroxyl groups is 3. The minimum atomic E-state index is -4.49. The summed E-state index contributed by atoms with van der Waals surface area (Å²) in [5.74, 6) is 0.401. The number of fused-ring (bicyclic) bond motifs is 1. The molecule has 2 saturated heterocycles. The van der Waals surface area contributed by atoms with E-state index in [2.05, 4.69) is 35.7 Å². The fourth-order valence-corrected chi connectivity index (χ4v) is 4.67. The Bertz CT molecular complexity index is 1470. The molecule has 0 saturated carbocycles. The van der Waals surface area contributed by atoms with Gasteiger partial charge in [-0.2, -0.15) is 28.6 Å². The van der Waals surface area contributed by atoms with Crippen LogP contribution in [0.4, 0.5) is 19.0 Å². The molecular weight excluding hydrogens is 525 g/mol. The average Bonchev–Trinajstić information content (AvgIpc) is 3.72. The normalized spacial score (nSPS) is 25.5. The van der Waals surface area contributed by atoms with E-state index in [4.69, 9.17) is 9.47 Å². The molecule has 3 aromatic heterocycles. The molecule has 5 heterocycles. The van der Waals surface area contributed by atoms with Crippen molar-refractivity contribution in [2.75, 3.05) is 25.1 Å². The van der Waals surface area contributed by atoms with E-state index in [-0.39, 0.29) is 28.9 Å². The van der Waals surface area contributed by atoms with Gasteiger partial charge < -0.3 is 30.1 Å². The quantitative estimate of drug-likeness (QED) is 0.233. The number of nitrogens with zero attached hydrogens (tertiary/aromatic N) is 6. The van der Waals surface area contributed by atoms with Gasteiger partial charge in [0.05, 0.1) is 31.1 Å². The number of aliphatic hydroxyl groups excluding tert-OH is 3. The lowest BCUT2D eigenvalue weighted by molar-refractivity contribution is -0.137. The first-order valence-corrected chi connectivity index (χ1v) is 12.0. The second-order valence-corrected chi connectivity index (χ2v) is 9.25. The first-order valence-electron chi connectivity index (χ1n) is 12.0. The van der Waals surface area contributed by atoms with Crippen LogP contribution in [0.5, 0.6) is 0 Å². The Hall–Kier alpha value is -3.70. The smallest absolute Gasteiger partial charge is 0.394 e. The largest absolute Gasteiger partial charge is 0.416 e. The zero-order valence-corrected chi connectivity index (χ0v) is 20.1. The van der Waals surface area contributed by atoms with E-state index < -0.39 is 42.9 Å². The van der Waals surface area contributed by atoms with Crippen molar-refractivity contribution in [3.05, 3.63) is 36.2 Å². The van der Waals surface area contributed by atoms with E-state index in [1.807, 2.05) is 0 Å². The van der Waals surface area contributed by atoms with Crippen LogP contribution < -0.4 is 5.32 Å². The Morgan fingerprint density at radius 3 is 2.51 bits per heavy atom. The molecule has 5 atom stereocenters. The summed E-state index contributed by atoms with van der Waals surface area (Å²) in [5.41, 5.74) is 0.488. The molecule has 206 valence electrons. The van der Waals surface area contributed by atoms with Crippen LogP contribution in [0.25, 0.3) is 33.9 Å². The Balaban J connectivity index is 1.45. The van der Waals surface area contributed by atoms with E-state index in [0.717, 1.165) is 18.6 Å². The summed E-state index contributed by atoms with van der Waals surface area (Å²) in [6, 6.07) is 4.38. The van der Waals surface area contributed by atoms with Gasteiger partial charge in [0.25, 0.3) is 0 Å². The molecule has 2 aliphatic rings. The van der Waals surface area contributed by atoms with Crippen molar-refractivity contribution < 1.29 is 38.0 Å². The molecule has 0 aliphatic carbocycles. The van der Waals surface area contributed by atoms with Crippen molar-refractivity contribution in [2.45, 2.75) is 43.2 Å². The third kappa shape index (κ3) is 4.59. The number of hydrogen-bond donors (Lipinski definition) is 5. The fraction of sp³-hybridized carbons (Fsp3) is 0.435. The summed E-state index contributed by atoms with van der Waals surface area (Å²) in [5, 5.41) is 44.4. The predicted octanol–water partition coefficient (Wildman–Crippen LogP) is 1.11. The molecule has 13 nitrogen and oxygen atoms in total. The maximum Gasteiger partial charge on any atom is 0.416 e. The Kier molecular flexibility index (Phi) is 6.43. The Labute approximate surface area is 217 Å². The minimum Gasteiger partial charge on any atom is -0.394 e. The summed E-state index contributed by atoms with van der Waals surface area (Å²) in [4.78, 5) is 13.6. The van der Waals surface area contributed by atoms with Crippen molar-refractivity contribution >= 4 is 17.0 Å². The highest BCUT2D eigenvalue weighted by Crippen LogP contribution is 2.36. The molecule has 5 N–H and O–H groups in total. The highest BCUT2D eigenvalue weighted by Gasteiger charge is 2.44. The number of H-pyrrole nitrogens is 1. The predicted molar refractivity (Wildman–Crippen MR) is 127 cm³/mol. The molecule has 0 spiro atoms. The molecule has 0 radical (unpaired) electrons. The van der Waals surface area contributed by atoms with Crippen molar-refractivity contribution in [3.8, 4) is 22.8 Å². The molecule has 2 aliphatic heterocycles. The molecule has 6 rings (SSSR count). The molecule has 16 heteroatoms. The Morgan fingerprint density at radius 2 is 1.85 bits per heavy atom. The molecule has 2 fully saturated rings. The standard InChI is InChI=1S/C23H23F3N8O5/c24-23(25,26)11-3-1-10(2-4-11)14-15(32-33-31-14)19-29-20(28-12-5-6-38-8-12)16-21(30-19)34(9-27-16)22-18(37)17(36)13(7-35)39-22/h1-4,9,12-13,17-18,22,35-37H,5-8H2,(H,28,29,30)(H,31,32,33)/t12-,13?,17?,18?,22?/m1/s1. The van der Waals surface area contributed by atoms with Gasteiger partial charge in [0.15, 0.2) is 34.7 Å². The van der Waals surface area contributed by atoms with E-state index >= 15 is 0 Å². The third-order valence-electron chi connectivity index (χ3n) is 6.73. The topological polar surface area (TPSA) is 176 Å². The zero-order valence-electron chi connectivity index (χ0n) is 20.1. The van der Waals surface area contributed by atoms with Gasteiger partial charge in [0.1, 0.15) is 24.0 Å². The van der Waals surface area contributed by atoms with Crippen molar-refractivity contribution in [2.24, 2.45) is 0 Å². The van der Waals surface area contributed by atoms with Crippen molar-refractivity contribution in [1.82, 2.24) is 34.9 Å². The van der Waals surface area contributed by atoms with Crippen LogP contribution in [0, 0.1) is 0 Å². The fourth-order valence-electron chi connectivity index (χ4n) is 4.67. The van der Waals surface area contributed by atoms with Crippen LogP contribution >= 0.6 is 0 Å². The van der Waals surface area contributed by atoms with Gasteiger partial charge in [-0.1, -0.05) is 12.1 Å². The van der Waals surface area contributed by atoms with Gasteiger partial charge in [0.2, 0.25) is 0 Å². The number of ether oxygens (including phenoxy) is 2. The van der Waals surface area contributed by atoms with Gasteiger partial charge in [-0.15, -0.1) is 0 Å². The number of imidazole rings is 1. The number of nitrogens with one attached hydrogen (secondary N) is 2. The minimum absolute atomic E-state index is 0.0679. The lowest BCUT2D eigenvalue weighted by Gasteiger charge is -2.17. The monoisotopic (exact) mass is 548 g/mol. The highest BCUT2D eigenvalue weighted by atomic mass is 19.4. The van der Waals surface area contributed by atoms with Crippen LogP contribution in [-0.2, 0) is 15.7 Å². The number of alkyl halides is 3. The van der Waals surface area contributed by atoms with Crippen LogP contribution in [0.3, 0.4) is 0 Å². The lowest BCUT2D eigenvalue weighted by Crippen LogP contribution is -2.33. The summed E-state index contributed by atoms with van der Waals surface area (Å²) in [7, 11) is 0. The number of rotatable bonds is 6. The maximum atomic E-state index is 13.1. The first kappa shape index (κ1) is 25.6. The zero-order chi connectivity index (χ0) is 27.3. The van der Waals surface area contributed by atoms with Gasteiger partial charge in [-0.25, -0.2) is 15.0 Å². The summed E-state index contributed by atoms with van der Waals surface area (Å²) in [6.45, 7) is 0.500. The summed E-state index contributed by atoms with van der Waals surface area (Å²) in [6.07, 6.45) is -7.24. The lowest BCUT2D eigenvalue weighted by atomic mass is 10.1. The van der Waals surface area contributed by atoms with Crippen LogP contribution in [0.15, 0.2) is 30.6 Å². The SMILES string of the molecule is OCC1OC(n2cnc3c(N[C@@H]4CCOC4)nc(-c4n[nH]nc4-c4ccc(C(F)(F)F)cc4)nc32)C(O)C1O. The van der Waals surface area contributed by atoms with Gasteiger partial charge >= 0.3 is 6.18 Å². The molecule has 39 heavy (non-hydrogen) atoms. The number of anilines is 1. The van der Waals surface area contributed by atoms with Crippen LogP contribution in [-0.4, -0.2) is 94.4 Å². The van der Waals surface area contributed by atoms with E-state index in [0.29, 0.717) is 30.1 Å². The second kappa shape index (κ2) is 9.80. The third-order valence-corrected chi connectivity index (χ3v) is 6.73. The Morgan fingerprint density at radius 1 is 1.08 bits per heavy atom. The van der Waals surface area contributed by atoms with Gasteiger partial charge in [0, 0.05) is 12.2 Å². The highest BCUT2D eigenvalue weighted by molar-refractivity contribution is 5.86. The van der Waals surface area contributed by atoms with E-state index in [1.165, 1.54) is 23.0 Å². The van der Waals surface area contributed by atoms with Crippen molar-refractivity contribution in [3.63, 3.8) is 0 Å². The van der Waals surface area contributed by atoms with Crippen molar-refractivity contribution in [1.29, 1.82) is 0 Å². The molecule has 0 bridgehead atoms. The molecule has 0 amide bonds. The number of halogens is 3. The van der Waals surface area contributed by atoms with Crippen LogP contribution in [0.2, 0.25) is 0 Å². The van der Waals surface area contributed by atoms with Gasteiger partial charge in [-0.05, 0) is 18.6 Å². The second-order valence-electron chi connectivity index (χ2n) is 9.25. The number of aromatic nitrogens is 7. The molecular formula is C23H23F3N8O5. The summed E-state index contributed by atoms with van der Waals surface area (Å²) >= 11 is 0. The summed E-state index contributed by atoms with van der Waals surface area (Å²) < 4.78 is 51.7. The number of hydrogen-bond acceptors (Lipinski definition) is 11. The van der Waals surface area contributed by atoms with E-state index in [1.54, 1.807) is 0 Å². The molecule has 4 unspecified atom stereocenters. The van der Waals surface area contributed by atoms with E-state index in [9.17, 15) is 28.5 Å². The van der Waals surface area contributed by atoms with Gasteiger partial charge in [-0.3, -0.25) is 4.57 Å². The molecule has 1 aromatic carbocycles. The maximum absolute atomic E-state index is 13.1. The molecule has 4 aromatic rings.